The highest BCUT2D eigenvalue weighted by molar-refractivity contribution is 7.98. The maximum atomic E-state index is 12.8. The Balaban J connectivity index is 2.14. The molecule has 0 aromatic heterocycles. The Labute approximate surface area is 175 Å². The molecular formula is C23H30O4S2. The molecule has 0 atom stereocenters. The van der Waals surface area contributed by atoms with Crippen LogP contribution in [0.3, 0.4) is 0 Å². The summed E-state index contributed by atoms with van der Waals surface area (Å²) in [7, 11) is -7.70. The molecule has 29 heavy (non-hydrogen) atoms. The molecule has 0 N–H and O–H groups in total. The summed E-state index contributed by atoms with van der Waals surface area (Å²) in [4.78, 5) is -0.120. The fourth-order valence-electron chi connectivity index (χ4n) is 3.00. The van der Waals surface area contributed by atoms with Crippen molar-refractivity contribution in [3.8, 4) is 0 Å². The molecule has 0 unspecified atom stereocenters. The van der Waals surface area contributed by atoms with Crippen molar-refractivity contribution in [2.75, 3.05) is 5.75 Å². The Hall–Kier alpha value is -1.92. The molecule has 0 amide bonds. The first-order valence-corrected chi connectivity index (χ1v) is 13.2. The third-order valence-electron chi connectivity index (χ3n) is 4.89. The zero-order chi connectivity index (χ0) is 21.5. The van der Waals surface area contributed by atoms with E-state index in [1.807, 2.05) is 0 Å². The monoisotopic (exact) mass is 434 g/mol. The lowest BCUT2D eigenvalue weighted by Crippen LogP contribution is -2.15. The van der Waals surface area contributed by atoms with Crippen LogP contribution in [-0.2, 0) is 32.5 Å². The highest BCUT2D eigenvalue weighted by atomic mass is 32.2. The van der Waals surface area contributed by atoms with Gasteiger partial charge in [-0.25, -0.2) is 16.8 Å². The van der Waals surface area contributed by atoms with E-state index in [9.17, 15) is 16.8 Å². The van der Waals surface area contributed by atoms with Crippen LogP contribution in [-0.4, -0.2) is 22.6 Å². The molecule has 0 bridgehead atoms. The molecule has 0 radical (unpaired) electrons. The lowest BCUT2D eigenvalue weighted by molar-refractivity contribution is 0.592. The highest BCUT2D eigenvalue weighted by Gasteiger charge is 2.25. The maximum absolute atomic E-state index is 12.8. The lowest BCUT2D eigenvalue weighted by Gasteiger charge is -2.10. The minimum atomic E-state index is -3.91. The molecule has 158 valence electrons. The molecule has 0 spiro atoms. The van der Waals surface area contributed by atoms with Gasteiger partial charge in [-0.15, -0.1) is 0 Å². The van der Waals surface area contributed by atoms with Gasteiger partial charge in [0.15, 0.2) is 9.84 Å². The van der Waals surface area contributed by atoms with E-state index in [0.29, 0.717) is 0 Å². The van der Waals surface area contributed by atoms with E-state index < -0.39 is 25.4 Å². The summed E-state index contributed by atoms with van der Waals surface area (Å²) in [6.45, 7) is 7.78. The minimum Gasteiger partial charge on any atom is -0.223 e. The Morgan fingerprint density at radius 1 is 0.724 bits per heavy atom. The fourth-order valence-corrected chi connectivity index (χ4v) is 6.06. The first kappa shape index (κ1) is 23.4. The second-order valence-electron chi connectivity index (χ2n) is 7.30. The van der Waals surface area contributed by atoms with Gasteiger partial charge in [-0.3, -0.25) is 0 Å². The molecule has 2 rings (SSSR count). The Morgan fingerprint density at radius 3 is 1.55 bits per heavy atom. The SMILES string of the molecule is C=C(CS(=O)(=O)c1ccc(CCCC)cc1)S(=O)(=O)c1ccc(CCCC)cc1. The number of benzene rings is 2. The number of aryl methyl sites for hydroxylation is 2. The Morgan fingerprint density at radius 2 is 1.14 bits per heavy atom. The van der Waals surface area contributed by atoms with Crippen molar-refractivity contribution < 1.29 is 16.8 Å². The summed E-state index contributed by atoms with van der Waals surface area (Å²) in [6.07, 6.45) is 5.99. The standard InChI is InChI=1S/C23H30O4S2/c1-4-6-8-20-10-14-22(15-11-20)28(24,25)18-19(3)29(26,27)23-16-12-21(13-17-23)9-7-5-2/h10-17H,3-9,18H2,1-2H3. The molecule has 6 heteroatoms. The lowest BCUT2D eigenvalue weighted by atomic mass is 10.1. The van der Waals surface area contributed by atoms with E-state index >= 15 is 0 Å². The first-order valence-electron chi connectivity index (χ1n) is 10.0. The smallest absolute Gasteiger partial charge is 0.203 e. The van der Waals surface area contributed by atoms with Crippen molar-refractivity contribution in [3.63, 3.8) is 0 Å². The van der Waals surface area contributed by atoms with E-state index in [1.165, 1.54) is 12.1 Å². The molecule has 0 saturated heterocycles. The molecule has 0 aliphatic carbocycles. The number of hydrogen-bond donors (Lipinski definition) is 0. The van der Waals surface area contributed by atoms with Crippen molar-refractivity contribution >= 4 is 19.7 Å². The van der Waals surface area contributed by atoms with E-state index in [-0.39, 0.29) is 14.7 Å². The van der Waals surface area contributed by atoms with Gasteiger partial charge in [-0.05, 0) is 61.1 Å². The van der Waals surface area contributed by atoms with Gasteiger partial charge in [-0.2, -0.15) is 0 Å². The topological polar surface area (TPSA) is 68.3 Å². The maximum Gasteiger partial charge on any atom is 0.203 e. The molecule has 2 aromatic carbocycles. The molecule has 2 aromatic rings. The number of rotatable bonds is 11. The van der Waals surface area contributed by atoms with Crippen LogP contribution < -0.4 is 0 Å². The van der Waals surface area contributed by atoms with Crippen LogP contribution in [0.15, 0.2) is 69.8 Å². The average Bonchev–Trinajstić information content (AvgIpc) is 2.71. The summed E-state index contributed by atoms with van der Waals surface area (Å²) < 4.78 is 50.9. The summed E-state index contributed by atoms with van der Waals surface area (Å²) in [5.41, 5.74) is 2.13. The summed E-state index contributed by atoms with van der Waals surface area (Å²) in [5.74, 6) is -0.624. The Kier molecular flexibility index (Phi) is 8.23. The number of unbranched alkanes of at least 4 members (excludes halogenated alkanes) is 2. The fraction of sp³-hybridized carbons (Fsp3) is 0.391. The highest BCUT2D eigenvalue weighted by Crippen LogP contribution is 2.23. The predicted octanol–water partition coefficient (Wildman–Crippen LogP) is 5.13. The van der Waals surface area contributed by atoms with Crippen LogP contribution >= 0.6 is 0 Å². The molecule has 0 saturated carbocycles. The normalized spacial score (nSPS) is 12.1. The van der Waals surface area contributed by atoms with Crippen molar-refractivity contribution in [2.45, 2.75) is 62.2 Å². The van der Waals surface area contributed by atoms with Gasteiger partial charge < -0.3 is 0 Å². The molecule has 0 heterocycles. The van der Waals surface area contributed by atoms with Gasteiger partial charge in [0.1, 0.15) is 0 Å². The average molecular weight is 435 g/mol. The number of hydrogen-bond acceptors (Lipinski definition) is 4. The summed E-state index contributed by atoms with van der Waals surface area (Å²) in [6, 6.07) is 13.3. The van der Waals surface area contributed by atoms with Gasteiger partial charge in [0, 0.05) is 0 Å². The zero-order valence-corrected chi connectivity index (χ0v) is 18.9. The summed E-state index contributed by atoms with van der Waals surface area (Å²) >= 11 is 0. The van der Waals surface area contributed by atoms with Crippen LogP contribution in [0.5, 0.6) is 0 Å². The van der Waals surface area contributed by atoms with Crippen molar-refractivity contribution in [2.24, 2.45) is 0 Å². The van der Waals surface area contributed by atoms with Crippen LogP contribution in [0.25, 0.3) is 0 Å². The molecular weight excluding hydrogens is 404 g/mol. The van der Waals surface area contributed by atoms with E-state index in [2.05, 4.69) is 20.4 Å². The largest absolute Gasteiger partial charge is 0.223 e. The molecule has 4 nitrogen and oxygen atoms in total. The van der Waals surface area contributed by atoms with E-state index in [0.717, 1.165) is 49.7 Å². The molecule has 0 aliphatic rings. The third kappa shape index (κ3) is 6.28. The second-order valence-corrected chi connectivity index (χ2v) is 11.3. The van der Waals surface area contributed by atoms with Crippen molar-refractivity contribution in [3.05, 3.63) is 71.1 Å². The third-order valence-corrected chi connectivity index (χ3v) is 8.58. The van der Waals surface area contributed by atoms with E-state index in [1.54, 1.807) is 36.4 Å². The second kappa shape index (κ2) is 10.2. The quantitative estimate of drug-likeness (QED) is 0.491. The van der Waals surface area contributed by atoms with E-state index in [4.69, 9.17) is 0 Å². The zero-order valence-electron chi connectivity index (χ0n) is 17.2. The van der Waals surface area contributed by atoms with Gasteiger partial charge in [-0.1, -0.05) is 57.5 Å². The van der Waals surface area contributed by atoms with Gasteiger partial charge in [0.05, 0.1) is 20.4 Å². The minimum absolute atomic E-state index is 0.0767. The first-order chi connectivity index (χ1) is 13.7. The molecule has 0 fully saturated rings. The van der Waals surface area contributed by atoms with Crippen molar-refractivity contribution in [1.29, 1.82) is 0 Å². The Bertz CT molecular complexity index is 1020. The number of sulfone groups is 2. The van der Waals surface area contributed by atoms with Gasteiger partial charge in [0.25, 0.3) is 0 Å². The molecule has 0 aliphatic heterocycles. The van der Waals surface area contributed by atoms with Crippen LogP contribution in [0, 0.1) is 0 Å². The van der Waals surface area contributed by atoms with Crippen LogP contribution in [0.4, 0.5) is 0 Å². The summed E-state index contributed by atoms with van der Waals surface area (Å²) in [5, 5.41) is 0. The van der Waals surface area contributed by atoms with Crippen LogP contribution in [0.1, 0.15) is 50.7 Å². The van der Waals surface area contributed by atoms with Gasteiger partial charge in [0.2, 0.25) is 9.84 Å². The van der Waals surface area contributed by atoms with Crippen LogP contribution in [0.2, 0.25) is 0 Å². The predicted molar refractivity (Wildman–Crippen MR) is 118 cm³/mol. The van der Waals surface area contributed by atoms with Gasteiger partial charge >= 0.3 is 0 Å². The van der Waals surface area contributed by atoms with Crippen molar-refractivity contribution in [1.82, 2.24) is 0 Å².